The first-order valence-electron chi connectivity index (χ1n) is 11.0. The van der Waals surface area contributed by atoms with Gasteiger partial charge in [0, 0.05) is 49.0 Å². The molecular weight excluding hydrogens is 460 g/mol. The summed E-state index contributed by atoms with van der Waals surface area (Å²) in [5.41, 5.74) is 3.47. The van der Waals surface area contributed by atoms with Gasteiger partial charge in [-0.2, -0.15) is 22.1 Å². The Bertz CT molecular complexity index is 1190. The molecule has 1 aliphatic rings. The maximum Gasteiger partial charge on any atom is 0.282 e. The molecule has 0 N–H and O–H groups in total. The van der Waals surface area contributed by atoms with Crippen molar-refractivity contribution in [2.75, 3.05) is 20.1 Å². The van der Waals surface area contributed by atoms with Gasteiger partial charge in [-0.05, 0) is 25.5 Å². The highest BCUT2D eigenvalue weighted by Crippen LogP contribution is 2.26. The Labute approximate surface area is 200 Å². The molecule has 0 amide bonds. The lowest BCUT2D eigenvalue weighted by atomic mass is 10.1. The van der Waals surface area contributed by atoms with Crippen LogP contribution in [-0.4, -0.2) is 59.2 Å². The van der Waals surface area contributed by atoms with Crippen LogP contribution in [0, 0.1) is 0 Å². The summed E-state index contributed by atoms with van der Waals surface area (Å²) in [5.74, 6) is 0. The zero-order valence-corrected chi connectivity index (χ0v) is 20.6. The van der Waals surface area contributed by atoms with Crippen LogP contribution >= 0.6 is 11.6 Å². The fourth-order valence-corrected chi connectivity index (χ4v) is 5.83. The SMILES string of the molecule is C[C@H]1CN(S(=O)(=O)N(C)Cc2cn(Cc3ccccc3Cl)nc2-c2ccccc2)C[C@H](C)O1. The highest BCUT2D eigenvalue weighted by atomic mass is 35.5. The van der Waals surface area contributed by atoms with E-state index in [4.69, 9.17) is 21.4 Å². The maximum absolute atomic E-state index is 13.3. The number of ether oxygens (including phenoxy) is 1. The van der Waals surface area contributed by atoms with Gasteiger partial charge in [0.15, 0.2) is 0 Å². The molecule has 1 aromatic heterocycles. The van der Waals surface area contributed by atoms with Crippen LogP contribution in [0.5, 0.6) is 0 Å². The van der Waals surface area contributed by atoms with Crippen LogP contribution in [0.25, 0.3) is 11.3 Å². The Morgan fingerprint density at radius 3 is 2.33 bits per heavy atom. The summed E-state index contributed by atoms with van der Waals surface area (Å²) >= 11 is 6.35. The number of aromatic nitrogens is 2. The van der Waals surface area contributed by atoms with E-state index in [0.29, 0.717) is 24.7 Å². The molecule has 7 nitrogen and oxygen atoms in total. The standard InChI is InChI=1S/C24H29ClN4O3S/c1-18-13-29(14-19(2)32-18)33(30,31)27(3)15-22-17-28(16-21-11-7-8-12-23(21)25)26-24(22)20-9-5-4-6-10-20/h4-12,17-19H,13-16H2,1-3H3/t18-,19-/m0/s1. The molecule has 0 unspecified atom stereocenters. The van der Waals surface area contributed by atoms with Crippen molar-refractivity contribution in [2.24, 2.45) is 0 Å². The molecule has 0 saturated carbocycles. The van der Waals surface area contributed by atoms with Gasteiger partial charge in [0.1, 0.15) is 0 Å². The fourth-order valence-electron chi connectivity index (χ4n) is 4.14. The van der Waals surface area contributed by atoms with Crippen molar-refractivity contribution in [1.82, 2.24) is 18.4 Å². The highest BCUT2D eigenvalue weighted by molar-refractivity contribution is 7.86. The number of benzene rings is 2. The third kappa shape index (κ3) is 5.47. The first kappa shape index (κ1) is 23.9. The van der Waals surface area contributed by atoms with Gasteiger partial charge >= 0.3 is 0 Å². The molecule has 1 saturated heterocycles. The second-order valence-electron chi connectivity index (χ2n) is 8.50. The number of nitrogens with zero attached hydrogens (tertiary/aromatic N) is 4. The van der Waals surface area contributed by atoms with Crippen LogP contribution in [0.1, 0.15) is 25.0 Å². The van der Waals surface area contributed by atoms with Gasteiger partial charge in [-0.1, -0.05) is 60.1 Å². The first-order chi connectivity index (χ1) is 15.7. The van der Waals surface area contributed by atoms with Crippen LogP contribution < -0.4 is 0 Å². The van der Waals surface area contributed by atoms with E-state index < -0.39 is 10.2 Å². The molecule has 0 aliphatic carbocycles. The van der Waals surface area contributed by atoms with Gasteiger partial charge < -0.3 is 4.74 Å². The molecule has 9 heteroatoms. The minimum Gasteiger partial charge on any atom is -0.373 e. The zero-order chi connectivity index (χ0) is 23.6. The summed E-state index contributed by atoms with van der Waals surface area (Å²) < 4.78 is 37.1. The van der Waals surface area contributed by atoms with Gasteiger partial charge in [0.25, 0.3) is 10.2 Å². The summed E-state index contributed by atoms with van der Waals surface area (Å²) in [6.45, 7) is 5.17. The van der Waals surface area contributed by atoms with Crippen LogP contribution in [0.15, 0.2) is 60.8 Å². The van der Waals surface area contributed by atoms with E-state index in [0.717, 1.165) is 22.4 Å². The van der Waals surface area contributed by atoms with Crippen LogP contribution in [0.2, 0.25) is 5.02 Å². The van der Waals surface area contributed by atoms with E-state index in [1.165, 1.54) is 8.61 Å². The van der Waals surface area contributed by atoms with E-state index in [-0.39, 0.29) is 18.8 Å². The van der Waals surface area contributed by atoms with E-state index in [1.807, 2.05) is 79.3 Å². The summed E-state index contributed by atoms with van der Waals surface area (Å²) in [6, 6.07) is 17.4. The summed E-state index contributed by atoms with van der Waals surface area (Å²) in [5, 5.41) is 5.46. The largest absolute Gasteiger partial charge is 0.373 e. The van der Waals surface area contributed by atoms with E-state index in [1.54, 1.807) is 7.05 Å². The average Bonchev–Trinajstić information content (AvgIpc) is 3.17. The molecule has 3 aromatic rings. The number of morpholine rings is 1. The molecule has 2 heterocycles. The Morgan fingerprint density at radius 1 is 1.03 bits per heavy atom. The van der Waals surface area contributed by atoms with E-state index in [9.17, 15) is 8.42 Å². The monoisotopic (exact) mass is 488 g/mol. The fraction of sp³-hybridized carbons (Fsp3) is 0.375. The van der Waals surface area contributed by atoms with Gasteiger partial charge in [-0.15, -0.1) is 0 Å². The number of hydrogen-bond acceptors (Lipinski definition) is 4. The summed E-state index contributed by atoms with van der Waals surface area (Å²) in [4.78, 5) is 0. The van der Waals surface area contributed by atoms with Gasteiger partial charge in [-0.3, -0.25) is 4.68 Å². The van der Waals surface area contributed by atoms with Crippen molar-refractivity contribution in [2.45, 2.75) is 39.1 Å². The van der Waals surface area contributed by atoms with E-state index in [2.05, 4.69) is 0 Å². The van der Waals surface area contributed by atoms with Crippen molar-refractivity contribution in [3.63, 3.8) is 0 Å². The Balaban J connectivity index is 1.63. The molecule has 2 aromatic carbocycles. The molecular formula is C24H29ClN4O3S. The van der Waals surface area contributed by atoms with Gasteiger partial charge in [0.05, 0.1) is 24.4 Å². The molecule has 0 bridgehead atoms. The van der Waals surface area contributed by atoms with Gasteiger partial charge in [-0.25, -0.2) is 0 Å². The number of halogens is 1. The second-order valence-corrected chi connectivity index (χ2v) is 10.9. The van der Waals surface area contributed by atoms with E-state index >= 15 is 0 Å². The van der Waals surface area contributed by atoms with Crippen molar-refractivity contribution in [3.8, 4) is 11.3 Å². The van der Waals surface area contributed by atoms with Crippen LogP contribution in [-0.2, 0) is 28.0 Å². The molecule has 1 fully saturated rings. The number of hydrogen-bond donors (Lipinski definition) is 0. The summed E-state index contributed by atoms with van der Waals surface area (Å²) in [6.07, 6.45) is 1.62. The minimum absolute atomic E-state index is 0.143. The Morgan fingerprint density at radius 2 is 1.67 bits per heavy atom. The summed E-state index contributed by atoms with van der Waals surface area (Å²) in [7, 11) is -2.04. The quantitative estimate of drug-likeness (QED) is 0.503. The average molecular weight is 489 g/mol. The van der Waals surface area contributed by atoms with Crippen molar-refractivity contribution in [1.29, 1.82) is 0 Å². The predicted octanol–water partition coefficient (Wildman–Crippen LogP) is 4.04. The molecule has 4 rings (SSSR count). The number of rotatable bonds is 7. The first-order valence-corrected chi connectivity index (χ1v) is 12.7. The molecule has 0 spiro atoms. The van der Waals surface area contributed by atoms with Crippen molar-refractivity contribution in [3.05, 3.63) is 76.9 Å². The molecule has 0 radical (unpaired) electrons. The Kier molecular flexibility index (Phi) is 7.21. The highest BCUT2D eigenvalue weighted by Gasteiger charge is 2.34. The molecule has 176 valence electrons. The molecule has 2 atom stereocenters. The Hall–Kier alpha value is -2.23. The van der Waals surface area contributed by atoms with Gasteiger partial charge in [0.2, 0.25) is 0 Å². The second kappa shape index (κ2) is 9.95. The third-order valence-electron chi connectivity index (χ3n) is 5.67. The van der Waals surface area contributed by atoms with Crippen LogP contribution in [0.4, 0.5) is 0 Å². The minimum atomic E-state index is -3.65. The molecule has 33 heavy (non-hydrogen) atoms. The lowest BCUT2D eigenvalue weighted by Crippen LogP contribution is -2.52. The topological polar surface area (TPSA) is 67.7 Å². The van der Waals surface area contributed by atoms with Crippen molar-refractivity contribution >= 4 is 21.8 Å². The lowest BCUT2D eigenvalue weighted by Gasteiger charge is -2.36. The normalized spacial score (nSPS) is 19.8. The predicted molar refractivity (Wildman–Crippen MR) is 130 cm³/mol. The van der Waals surface area contributed by atoms with Crippen LogP contribution in [0.3, 0.4) is 0 Å². The molecule has 1 aliphatic heterocycles. The van der Waals surface area contributed by atoms with Crippen molar-refractivity contribution < 1.29 is 13.2 Å². The third-order valence-corrected chi connectivity index (χ3v) is 7.91. The smallest absolute Gasteiger partial charge is 0.282 e. The maximum atomic E-state index is 13.3. The lowest BCUT2D eigenvalue weighted by molar-refractivity contribution is -0.0453. The zero-order valence-electron chi connectivity index (χ0n) is 19.1.